The Morgan fingerprint density at radius 2 is 1.95 bits per heavy atom. The van der Waals surface area contributed by atoms with Gasteiger partial charge >= 0.3 is 0 Å². The number of nitrogens with zero attached hydrogens (tertiary/aromatic N) is 2. The van der Waals surface area contributed by atoms with Gasteiger partial charge in [-0.1, -0.05) is 0 Å². The van der Waals surface area contributed by atoms with Gasteiger partial charge in [0.1, 0.15) is 6.04 Å². The van der Waals surface area contributed by atoms with E-state index in [1.165, 1.54) is 0 Å². The number of ether oxygens (including phenoxy) is 1. The number of likely N-dealkylation sites (tertiary alicyclic amines) is 1. The van der Waals surface area contributed by atoms with Crippen molar-refractivity contribution >= 4 is 11.8 Å². The molecule has 6 nitrogen and oxygen atoms in total. The van der Waals surface area contributed by atoms with Crippen molar-refractivity contribution in [2.24, 2.45) is 0 Å². The molecule has 2 fully saturated rings. The van der Waals surface area contributed by atoms with Crippen LogP contribution in [0.3, 0.4) is 0 Å². The lowest BCUT2D eigenvalue weighted by atomic mass is 10.00. The van der Waals surface area contributed by atoms with Gasteiger partial charge in [-0.25, -0.2) is 0 Å². The number of carbonyl (C=O) groups is 2. The Morgan fingerprint density at radius 3 is 2.67 bits per heavy atom. The number of carbonyl (C=O) groups excluding carboxylic acids is 2. The van der Waals surface area contributed by atoms with Crippen molar-refractivity contribution in [3.63, 3.8) is 0 Å². The van der Waals surface area contributed by atoms with Crippen LogP contribution >= 0.6 is 0 Å². The highest BCUT2D eigenvalue weighted by molar-refractivity contribution is 5.88. The lowest BCUT2D eigenvalue weighted by molar-refractivity contribution is -0.150. The van der Waals surface area contributed by atoms with E-state index < -0.39 is 0 Å². The molecule has 0 saturated carbocycles. The topological polar surface area (TPSA) is 61.9 Å². The van der Waals surface area contributed by atoms with Crippen molar-refractivity contribution in [1.82, 2.24) is 15.1 Å². The number of amides is 2. The average Bonchev–Trinajstić information content (AvgIpc) is 2.55. The molecule has 2 rings (SSSR count). The number of morpholine rings is 1. The Hall–Kier alpha value is -1.14. The van der Waals surface area contributed by atoms with Crippen LogP contribution in [0.4, 0.5) is 0 Å². The summed E-state index contributed by atoms with van der Waals surface area (Å²) in [6, 6.07) is -0.251. The summed E-state index contributed by atoms with van der Waals surface area (Å²) in [7, 11) is 1.89. The molecule has 21 heavy (non-hydrogen) atoms. The van der Waals surface area contributed by atoms with Crippen LogP contribution < -0.4 is 5.32 Å². The standard InChI is InChI=1S/C15H27N3O3/c1-16-7-4-6-14(19)18-8-3-2-5-13(18)15(20)17-9-11-21-12-10-17/h13,16H,2-12H2,1H3. The van der Waals surface area contributed by atoms with Crippen molar-refractivity contribution in [2.75, 3.05) is 46.4 Å². The average molecular weight is 297 g/mol. The minimum atomic E-state index is -0.251. The summed E-state index contributed by atoms with van der Waals surface area (Å²) in [5.74, 6) is 0.233. The quantitative estimate of drug-likeness (QED) is 0.738. The molecule has 2 amide bonds. The summed E-state index contributed by atoms with van der Waals surface area (Å²) in [6.07, 6.45) is 4.18. The normalized spacial score (nSPS) is 23.2. The van der Waals surface area contributed by atoms with Crippen LogP contribution in [0.5, 0.6) is 0 Å². The number of rotatable bonds is 5. The molecule has 1 atom stereocenters. The maximum atomic E-state index is 12.7. The summed E-state index contributed by atoms with van der Waals surface area (Å²) in [5, 5.41) is 3.05. The molecule has 2 saturated heterocycles. The van der Waals surface area contributed by atoms with Gasteiger partial charge in [0, 0.05) is 26.1 Å². The maximum Gasteiger partial charge on any atom is 0.245 e. The summed E-state index contributed by atoms with van der Waals surface area (Å²) >= 11 is 0. The molecule has 2 heterocycles. The smallest absolute Gasteiger partial charge is 0.245 e. The molecule has 6 heteroatoms. The van der Waals surface area contributed by atoms with Gasteiger partial charge < -0.3 is 19.9 Å². The number of nitrogens with one attached hydrogen (secondary N) is 1. The maximum absolute atomic E-state index is 12.7. The van der Waals surface area contributed by atoms with Crippen LogP contribution in [0.1, 0.15) is 32.1 Å². The first-order chi connectivity index (χ1) is 10.2. The molecular weight excluding hydrogens is 270 g/mol. The molecule has 0 aliphatic carbocycles. The lowest BCUT2D eigenvalue weighted by Gasteiger charge is -2.38. The summed E-state index contributed by atoms with van der Waals surface area (Å²) in [4.78, 5) is 28.7. The first kappa shape index (κ1) is 16.2. The van der Waals surface area contributed by atoms with E-state index in [1.807, 2.05) is 16.8 Å². The molecule has 120 valence electrons. The van der Waals surface area contributed by atoms with E-state index in [0.717, 1.165) is 38.8 Å². The SMILES string of the molecule is CNCCCC(=O)N1CCCCC1C(=O)N1CCOCC1. The van der Waals surface area contributed by atoms with Gasteiger partial charge in [0.05, 0.1) is 13.2 Å². The molecule has 2 aliphatic rings. The number of hydrogen-bond acceptors (Lipinski definition) is 4. The molecule has 0 bridgehead atoms. The fourth-order valence-electron chi connectivity index (χ4n) is 3.04. The fraction of sp³-hybridized carbons (Fsp3) is 0.867. The molecule has 2 aliphatic heterocycles. The van der Waals surface area contributed by atoms with Crippen LogP contribution in [0.25, 0.3) is 0 Å². The number of piperidine rings is 1. The van der Waals surface area contributed by atoms with Gasteiger partial charge in [-0.15, -0.1) is 0 Å². The van der Waals surface area contributed by atoms with Gasteiger partial charge in [0.2, 0.25) is 11.8 Å². The fourth-order valence-corrected chi connectivity index (χ4v) is 3.04. The zero-order valence-corrected chi connectivity index (χ0v) is 13.0. The van der Waals surface area contributed by atoms with Crippen LogP contribution in [0.15, 0.2) is 0 Å². The van der Waals surface area contributed by atoms with E-state index in [1.54, 1.807) is 0 Å². The summed E-state index contributed by atoms with van der Waals surface area (Å²) < 4.78 is 5.30. The monoisotopic (exact) mass is 297 g/mol. The molecule has 0 aromatic rings. The third-order valence-corrected chi connectivity index (χ3v) is 4.25. The molecule has 0 aromatic heterocycles. The predicted octanol–water partition coefficient (Wildman–Crippen LogP) is 0.226. The van der Waals surface area contributed by atoms with E-state index in [9.17, 15) is 9.59 Å². The van der Waals surface area contributed by atoms with E-state index >= 15 is 0 Å². The van der Waals surface area contributed by atoms with Crippen molar-refractivity contribution in [1.29, 1.82) is 0 Å². The summed E-state index contributed by atoms with van der Waals surface area (Å²) in [5.41, 5.74) is 0. The first-order valence-electron chi connectivity index (χ1n) is 8.04. The Bertz CT molecular complexity index is 356. The second kappa shape index (κ2) is 8.34. The molecule has 1 unspecified atom stereocenters. The Kier molecular flexibility index (Phi) is 6.45. The Balaban J connectivity index is 1.93. The molecule has 0 aromatic carbocycles. The van der Waals surface area contributed by atoms with Crippen LogP contribution in [-0.2, 0) is 14.3 Å². The van der Waals surface area contributed by atoms with Gasteiger partial charge in [-0.3, -0.25) is 9.59 Å². The zero-order valence-electron chi connectivity index (χ0n) is 13.0. The van der Waals surface area contributed by atoms with E-state index in [4.69, 9.17) is 4.74 Å². The van der Waals surface area contributed by atoms with E-state index in [2.05, 4.69) is 5.32 Å². The first-order valence-corrected chi connectivity index (χ1v) is 8.04. The minimum Gasteiger partial charge on any atom is -0.378 e. The lowest BCUT2D eigenvalue weighted by Crippen LogP contribution is -2.55. The van der Waals surface area contributed by atoms with Crippen LogP contribution in [0, 0.1) is 0 Å². The van der Waals surface area contributed by atoms with Gasteiger partial charge in [-0.2, -0.15) is 0 Å². The summed E-state index contributed by atoms with van der Waals surface area (Å²) in [6.45, 7) is 4.07. The second-order valence-electron chi connectivity index (χ2n) is 5.74. The Labute approximate surface area is 126 Å². The highest BCUT2D eigenvalue weighted by Crippen LogP contribution is 2.21. The largest absolute Gasteiger partial charge is 0.378 e. The minimum absolute atomic E-state index is 0.111. The highest BCUT2D eigenvalue weighted by Gasteiger charge is 2.34. The van der Waals surface area contributed by atoms with E-state index in [-0.39, 0.29) is 17.9 Å². The van der Waals surface area contributed by atoms with Gasteiger partial charge in [0.15, 0.2) is 0 Å². The van der Waals surface area contributed by atoms with Crippen molar-refractivity contribution < 1.29 is 14.3 Å². The van der Waals surface area contributed by atoms with Crippen molar-refractivity contribution in [3.05, 3.63) is 0 Å². The number of hydrogen-bond donors (Lipinski definition) is 1. The highest BCUT2D eigenvalue weighted by atomic mass is 16.5. The molecular formula is C15H27N3O3. The second-order valence-corrected chi connectivity index (χ2v) is 5.74. The third kappa shape index (κ3) is 4.41. The predicted molar refractivity (Wildman–Crippen MR) is 79.9 cm³/mol. The zero-order chi connectivity index (χ0) is 15.1. The molecule has 0 radical (unpaired) electrons. The van der Waals surface area contributed by atoms with Crippen molar-refractivity contribution in [3.8, 4) is 0 Å². The van der Waals surface area contributed by atoms with E-state index in [0.29, 0.717) is 32.7 Å². The third-order valence-electron chi connectivity index (χ3n) is 4.25. The Morgan fingerprint density at radius 1 is 1.19 bits per heavy atom. The van der Waals surface area contributed by atoms with Crippen molar-refractivity contribution in [2.45, 2.75) is 38.1 Å². The molecule has 1 N–H and O–H groups in total. The molecule has 0 spiro atoms. The van der Waals surface area contributed by atoms with Gasteiger partial charge in [0.25, 0.3) is 0 Å². The van der Waals surface area contributed by atoms with Crippen LogP contribution in [-0.4, -0.2) is 74.1 Å². The van der Waals surface area contributed by atoms with Gasteiger partial charge in [-0.05, 0) is 39.3 Å². The van der Waals surface area contributed by atoms with Crippen LogP contribution in [0.2, 0.25) is 0 Å².